The Labute approximate surface area is 142 Å². The van der Waals surface area contributed by atoms with Crippen molar-refractivity contribution >= 4 is 10.9 Å². The zero-order valence-electron chi connectivity index (χ0n) is 14.2. The smallest absolute Gasteiger partial charge is 0.142 e. The Kier molecular flexibility index (Phi) is 3.10. The van der Waals surface area contributed by atoms with Crippen molar-refractivity contribution in [1.29, 1.82) is 0 Å². The van der Waals surface area contributed by atoms with Crippen molar-refractivity contribution in [2.45, 2.75) is 31.8 Å². The first-order valence-corrected chi connectivity index (χ1v) is 8.96. The number of fused-ring (bicyclic) bond motifs is 4. The number of benzene rings is 1. The monoisotopic (exact) mass is 324 g/mol. The summed E-state index contributed by atoms with van der Waals surface area (Å²) in [6.45, 7) is 3.48. The van der Waals surface area contributed by atoms with Gasteiger partial charge in [-0.2, -0.15) is 0 Å². The number of piperidine rings is 3. The molecule has 0 spiro atoms. The maximum atomic E-state index is 10.1. The summed E-state index contributed by atoms with van der Waals surface area (Å²) < 4.78 is 5.56. The fourth-order valence-corrected chi connectivity index (χ4v) is 5.53. The molecule has 4 heteroatoms. The zero-order valence-corrected chi connectivity index (χ0v) is 14.2. The maximum Gasteiger partial charge on any atom is 0.142 e. The predicted octanol–water partition coefficient (Wildman–Crippen LogP) is 3.03. The van der Waals surface area contributed by atoms with Crippen LogP contribution in [0.25, 0.3) is 10.9 Å². The minimum atomic E-state index is 0.289. The Hall–Kier alpha value is -1.78. The first-order valence-electron chi connectivity index (χ1n) is 8.96. The molecule has 4 aliphatic rings. The number of methoxy groups -OCH3 is 1. The van der Waals surface area contributed by atoms with Gasteiger partial charge in [-0.3, -0.25) is 4.90 Å². The molecular weight excluding hydrogens is 300 g/mol. The lowest BCUT2D eigenvalue weighted by atomic mass is 9.64. The summed E-state index contributed by atoms with van der Waals surface area (Å²) in [6.07, 6.45) is 4.41. The van der Waals surface area contributed by atoms with Gasteiger partial charge in [-0.25, -0.2) is 0 Å². The number of nitrogens with zero attached hydrogens (tertiary/aromatic N) is 1. The van der Waals surface area contributed by atoms with E-state index in [0.717, 1.165) is 30.7 Å². The molecule has 0 saturated carbocycles. The molecule has 0 radical (unpaired) electrons. The predicted molar refractivity (Wildman–Crippen MR) is 94.2 cm³/mol. The summed E-state index contributed by atoms with van der Waals surface area (Å²) in [5.41, 5.74) is 5.46. The van der Waals surface area contributed by atoms with Crippen LogP contribution in [0, 0.1) is 11.8 Å². The number of aromatic nitrogens is 1. The average molecular weight is 324 g/mol. The number of rotatable bonds is 2. The Morgan fingerprint density at radius 2 is 2.29 bits per heavy atom. The van der Waals surface area contributed by atoms with Gasteiger partial charge in [-0.05, 0) is 37.3 Å². The minimum Gasteiger partial charge on any atom is -0.495 e. The van der Waals surface area contributed by atoms with Gasteiger partial charge in [0.05, 0.1) is 18.7 Å². The molecule has 5 atom stereocenters. The zero-order chi connectivity index (χ0) is 16.4. The Balaban J connectivity index is 1.68. The highest BCUT2D eigenvalue weighted by Gasteiger charge is 2.52. The molecule has 2 N–H and O–H groups in total. The molecule has 6 rings (SSSR count). The van der Waals surface area contributed by atoms with Gasteiger partial charge in [-0.1, -0.05) is 23.8 Å². The number of nitrogens with one attached hydrogen (secondary N) is 1. The molecular formula is C20H24N2O2. The first kappa shape index (κ1) is 14.6. The number of hydrogen-bond donors (Lipinski definition) is 2. The lowest BCUT2D eigenvalue weighted by Crippen LogP contribution is -2.60. The van der Waals surface area contributed by atoms with Gasteiger partial charge in [0.1, 0.15) is 5.75 Å². The van der Waals surface area contributed by atoms with Crippen LogP contribution in [0.2, 0.25) is 0 Å². The lowest BCUT2D eigenvalue weighted by Gasteiger charge is -2.58. The van der Waals surface area contributed by atoms with Gasteiger partial charge in [0.15, 0.2) is 0 Å². The largest absolute Gasteiger partial charge is 0.495 e. The van der Waals surface area contributed by atoms with E-state index in [1.165, 1.54) is 22.2 Å². The van der Waals surface area contributed by atoms with Crippen LogP contribution in [0.5, 0.6) is 5.75 Å². The van der Waals surface area contributed by atoms with Crippen LogP contribution in [0.1, 0.15) is 30.6 Å². The van der Waals surface area contributed by atoms with Gasteiger partial charge >= 0.3 is 0 Å². The van der Waals surface area contributed by atoms with E-state index in [1.807, 2.05) is 6.07 Å². The molecule has 4 bridgehead atoms. The molecule has 4 nitrogen and oxygen atoms in total. The SMILES string of the molecule is C/C=C1/CN2C3CC1C(CO)C2Cc1c3[nH]c2c(OC)cccc12. The third kappa shape index (κ3) is 1.70. The summed E-state index contributed by atoms with van der Waals surface area (Å²) >= 11 is 0. The third-order valence-electron chi connectivity index (χ3n) is 6.64. The van der Waals surface area contributed by atoms with Crippen LogP contribution < -0.4 is 4.74 Å². The van der Waals surface area contributed by atoms with Crippen molar-refractivity contribution < 1.29 is 9.84 Å². The van der Waals surface area contributed by atoms with Gasteiger partial charge < -0.3 is 14.8 Å². The molecule has 1 aromatic carbocycles. The highest BCUT2D eigenvalue weighted by molar-refractivity contribution is 5.90. The number of ether oxygens (including phenoxy) is 1. The van der Waals surface area contributed by atoms with E-state index in [1.54, 1.807) is 7.11 Å². The Morgan fingerprint density at radius 1 is 1.42 bits per heavy atom. The second kappa shape index (κ2) is 5.11. The van der Waals surface area contributed by atoms with E-state index in [-0.39, 0.29) is 6.61 Å². The standard InChI is InChI=1S/C20H24N2O2/c1-3-11-9-22-16-8-14-12-5-4-6-18(24-2)20(12)21-19(14)17(22)7-13(11)15(16)10-23/h3-6,13,15-17,21,23H,7-10H2,1-2H3/b11-3-. The molecule has 0 aliphatic carbocycles. The van der Waals surface area contributed by atoms with E-state index in [0.29, 0.717) is 23.9 Å². The highest BCUT2D eigenvalue weighted by Crippen LogP contribution is 2.54. The highest BCUT2D eigenvalue weighted by atomic mass is 16.5. The molecule has 5 heterocycles. The second-order valence-electron chi connectivity index (χ2n) is 7.41. The number of aliphatic hydroxyl groups is 1. The van der Waals surface area contributed by atoms with E-state index >= 15 is 0 Å². The van der Waals surface area contributed by atoms with Crippen molar-refractivity contribution in [3.63, 3.8) is 0 Å². The van der Waals surface area contributed by atoms with E-state index in [4.69, 9.17) is 4.74 Å². The number of para-hydroxylation sites is 1. The van der Waals surface area contributed by atoms with E-state index in [9.17, 15) is 5.11 Å². The summed E-state index contributed by atoms with van der Waals surface area (Å²) in [5, 5.41) is 11.3. The number of hydrogen-bond acceptors (Lipinski definition) is 3. The molecule has 126 valence electrons. The number of H-pyrrole nitrogens is 1. The van der Waals surface area contributed by atoms with Gasteiger partial charge in [0.2, 0.25) is 0 Å². The molecule has 3 saturated heterocycles. The summed E-state index contributed by atoms with van der Waals surface area (Å²) in [6, 6.07) is 7.21. The average Bonchev–Trinajstić information content (AvgIpc) is 3.00. The van der Waals surface area contributed by atoms with E-state index < -0.39 is 0 Å². The quantitative estimate of drug-likeness (QED) is 0.835. The molecule has 24 heavy (non-hydrogen) atoms. The van der Waals surface area contributed by atoms with Gasteiger partial charge in [0.25, 0.3) is 0 Å². The summed E-state index contributed by atoms with van der Waals surface area (Å²) in [5.74, 6) is 1.82. The van der Waals surface area contributed by atoms with E-state index in [2.05, 4.69) is 35.0 Å². The van der Waals surface area contributed by atoms with Crippen LogP contribution in [-0.4, -0.2) is 41.3 Å². The summed E-state index contributed by atoms with van der Waals surface area (Å²) in [7, 11) is 1.73. The van der Waals surface area contributed by atoms with Gasteiger partial charge in [-0.15, -0.1) is 0 Å². The van der Waals surface area contributed by atoms with Crippen LogP contribution in [0.4, 0.5) is 0 Å². The molecule has 2 aromatic rings. The first-order chi connectivity index (χ1) is 11.8. The molecule has 0 amide bonds. The molecule has 4 aliphatic heterocycles. The number of allylic oxidation sites excluding steroid dienone is 1. The van der Waals surface area contributed by atoms with Gasteiger partial charge in [0, 0.05) is 36.2 Å². The van der Waals surface area contributed by atoms with Crippen LogP contribution >= 0.6 is 0 Å². The van der Waals surface area contributed by atoms with Crippen molar-refractivity contribution in [2.75, 3.05) is 20.3 Å². The maximum absolute atomic E-state index is 10.1. The third-order valence-corrected chi connectivity index (χ3v) is 6.64. The van der Waals surface area contributed by atoms with Crippen molar-refractivity contribution in [1.82, 2.24) is 9.88 Å². The van der Waals surface area contributed by atoms with Crippen molar-refractivity contribution in [3.05, 3.63) is 41.1 Å². The minimum absolute atomic E-state index is 0.289. The number of aromatic amines is 1. The molecule has 1 aromatic heterocycles. The van der Waals surface area contributed by atoms with Crippen molar-refractivity contribution in [2.24, 2.45) is 11.8 Å². The Bertz CT molecular complexity index is 838. The topological polar surface area (TPSA) is 48.5 Å². The van der Waals surface area contributed by atoms with Crippen LogP contribution in [-0.2, 0) is 6.42 Å². The van der Waals surface area contributed by atoms with Crippen molar-refractivity contribution in [3.8, 4) is 5.75 Å². The number of aliphatic hydroxyl groups excluding tert-OH is 1. The Morgan fingerprint density at radius 3 is 3.04 bits per heavy atom. The normalized spacial score (nSPS) is 35.5. The molecule has 3 fully saturated rings. The fraction of sp³-hybridized carbons (Fsp3) is 0.500. The molecule has 5 unspecified atom stereocenters. The van der Waals surface area contributed by atoms with Crippen LogP contribution in [0.15, 0.2) is 29.8 Å². The fourth-order valence-electron chi connectivity index (χ4n) is 5.53. The summed E-state index contributed by atoms with van der Waals surface area (Å²) in [4.78, 5) is 6.32. The second-order valence-corrected chi connectivity index (χ2v) is 7.41. The lowest BCUT2D eigenvalue weighted by molar-refractivity contribution is -0.0503. The van der Waals surface area contributed by atoms with Crippen LogP contribution in [0.3, 0.4) is 0 Å².